The van der Waals surface area contributed by atoms with Crippen LogP contribution in [0.15, 0.2) is 24.5 Å². The summed E-state index contributed by atoms with van der Waals surface area (Å²) in [5, 5.41) is 2.49. The summed E-state index contributed by atoms with van der Waals surface area (Å²) >= 11 is 0. The fourth-order valence-electron chi connectivity index (χ4n) is 2.44. The lowest BCUT2D eigenvalue weighted by Gasteiger charge is -2.33. The van der Waals surface area contributed by atoms with Gasteiger partial charge in [0.25, 0.3) is 5.91 Å². The Kier molecular flexibility index (Phi) is 4.07. The van der Waals surface area contributed by atoms with E-state index in [1.807, 2.05) is 0 Å². The highest BCUT2D eigenvalue weighted by Gasteiger charge is 2.45. The number of rotatable bonds is 2. The molecule has 104 valence electrons. The quantitative estimate of drug-likeness (QED) is 0.899. The summed E-state index contributed by atoms with van der Waals surface area (Å²) in [5.74, 6) is -1.93. The number of pyridine rings is 1. The first-order valence-corrected chi connectivity index (χ1v) is 6.26. The zero-order chi connectivity index (χ0) is 13.9. The highest BCUT2D eigenvalue weighted by Crippen LogP contribution is 2.37. The Morgan fingerprint density at radius 3 is 2.68 bits per heavy atom. The average molecular weight is 272 g/mol. The molecule has 1 amide bonds. The van der Waals surface area contributed by atoms with Gasteiger partial charge in [0.1, 0.15) is 0 Å². The molecule has 2 rings (SSSR count). The van der Waals surface area contributed by atoms with Crippen LogP contribution in [0.2, 0.25) is 0 Å². The molecule has 1 N–H and O–H groups in total. The van der Waals surface area contributed by atoms with Crippen LogP contribution in [-0.4, -0.2) is 23.1 Å². The second-order valence-electron chi connectivity index (χ2n) is 4.75. The number of hydrogen-bond acceptors (Lipinski definition) is 2. The van der Waals surface area contributed by atoms with Crippen molar-refractivity contribution in [1.82, 2.24) is 10.3 Å². The molecule has 0 saturated heterocycles. The first-order chi connectivity index (χ1) is 8.98. The Morgan fingerprint density at radius 1 is 1.32 bits per heavy atom. The molecule has 1 aromatic rings. The SMILES string of the molecule is O=C(N[C@@H]1CCCC[C@H]1C(F)(F)F)c1cccnc1. The fourth-order valence-corrected chi connectivity index (χ4v) is 2.44. The van der Waals surface area contributed by atoms with E-state index in [0.29, 0.717) is 19.3 Å². The summed E-state index contributed by atoms with van der Waals surface area (Å²) in [4.78, 5) is 15.7. The van der Waals surface area contributed by atoms with Gasteiger partial charge in [-0.15, -0.1) is 0 Å². The van der Waals surface area contributed by atoms with E-state index in [2.05, 4.69) is 10.3 Å². The molecule has 2 atom stereocenters. The van der Waals surface area contributed by atoms with Crippen molar-refractivity contribution in [3.63, 3.8) is 0 Å². The van der Waals surface area contributed by atoms with Crippen LogP contribution in [0.3, 0.4) is 0 Å². The Bertz CT molecular complexity index is 433. The van der Waals surface area contributed by atoms with E-state index < -0.39 is 24.0 Å². The molecular weight excluding hydrogens is 257 g/mol. The third kappa shape index (κ3) is 3.45. The number of carbonyl (C=O) groups is 1. The topological polar surface area (TPSA) is 42.0 Å². The van der Waals surface area contributed by atoms with Gasteiger partial charge in [0.05, 0.1) is 11.5 Å². The van der Waals surface area contributed by atoms with E-state index in [1.165, 1.54) is 18.5 Å². The molecule has 3 nitrogen and oxygen atoms in total. The molecule has 1 aromatic heterocycles. The van der Waals surface area contributed by atoms with Gasteiger partial charge in [-0.05, 0) is 25.0 Å². The fraction of sp³-hybridized carbons (Fsp3) is 0.538. The summed E-state index contributed by atoms with van der Waals surface area (Å²) in [7, 11) is 0. The van der Waals surface area contributed by atoms with Crippen molar-refractivity contribution < 1.29 is 18.0 Å². The number of amides is 1. The van der Waals surface area contributed by atoms with Gasteiger partial charge in [-0.2, -0.15) is 13.2 Å². The zero-order valence-corrected chi connectivity index (χ0v) is 10.3. The van der Waals surface area contributed by atoms with Gasteiger partial charge in [-0.3, -0.25) is 9.78 Å². The first-order valence-electron chi connectivity index (χ1n) is 6.26. The van der Waals surface area contributed by atoms with Crippen LogP contribution in [-0.2, 0) is 0 Å². The van der Waals surface area contributed by atoms with E-state index >= 15 is 0 Å². The Labute approximate surface area is 109 Å². The summed E-state index contributed by atoms with van der Waals surface area (Å²) in [6.07, 6.45) is 0.329. The van der Waals surface area contributed by atoms with Crippen LogP contribution in [0.25, 0.3) is 0 Å². The number of aromatic nitrogens is 1. The number of halogens is 3. The Hall–Kier alpha value is -1.59. The molecule has 1 heterocycles. The van der Waals surface area contributed by atoms with Crippen molar-refractivity contribution in [1.29, 1.82) is 0 Å². The van der Waals surface area contributed by atoms with E-state index in [-0.39, 0.29) is 12.0 Å². The van der Waals surface area contributed by atoms with Gasteiger partial charge < -0.3 is 5.32 Å². The molecule has 0 radical (unpaired) electrons. The number of hydrogen-bond donors (Lipinski definition) is 1. The van der Waals surface area contributed by atoms with Crippen molar-refractivity contribution in [3.8, 4) is 0 Å². The smallest absolute Gasteiger partial charge is 0.349 e. The normalized spacial score (nSPS) is 23.9. The largest absolute Gasteiger partial charge is 0.393 e. The van der Waals surface area contributed by atoms with Crippen LogP contribution in [0.5, 0.6) is 0 Å². The van der Waals surface area contributed by atoms with Gasteiger partial charge in [0, 0.05) is 18.4 Å². The highest BCUT2D eigenvalue weighted by atomic mass is 19.4. The van der Waals surface area contributed by atoms with Gasteiger partial charge in [0.2, 0.25) is 0 Å². The summed E-state index contributed by atoms with van der Waals surface area (Å²) < 4.78 is 38.6. The lowest BCUT2D eigenvalue weighted by Crippen LogP contribution is -2.47. The Balaban J connectivity index is 2.06. The van der Waals surface area contributed by atoms with Crippen LogP contribution in [0.4, 0.5) is 13.2 Å². The molecular formula is C13H15F3N2O. The monoisotopic (exact) mass is 272 g/mol. The lowest BCUT2D eigenvalue weighted by molar-refractivity contribution is -0.187. The van der Waals surface area contributed by atoms with Crippen molar-refractivity contribution in [2.75, 3.05) is 0 Å². The zero-order valence-electron chi connectivity index (χ0n) is 10.3. The van der Waals surface area contributed by atoms with Gasteiger partial charge in [-0.25, -0.2) is 0 Å². The van der Waals surface area contributed by atoms with E-state index in [1.54, 1.807) is 6.07 Å². The molecule has 0 unspecified atom stereocenters. The lowest BCUT2D eigenvalue weighted by atomic mass is 9.84. The maximum absolute atomic E-state index is 12.9. The number of carbonyl (C=O) groups excluding carboxylic acids is 1. The van der Waals surface area contributed by atoms with Crippen molar-refractivity contribution >= 4 is 5.91 Å². The average Bonchev–Trinajstić information content (AvgIpc) is 2.39. The minimum atomic E-state index is -4.26. The second kappa shape index (κ2) is 5.59. The molecule has 0 bridgehead atoms. The molecule has 19 heavy (non-hydrogen) atoms. The second-order valence-corrected chi connectivity index (χ2v) is 4.75. The minimum absolute atomic E-state index is 0.0848. The number of alkyl halides is 3. The number of nitrogens with zero attached hydrogens (tertiary/aromatic N) is 1. The van der Waals surface area contributed by atoms with Crippen molar-refractivity contribution in [2.45, 2.75) is 37.9 Å². The Morgan fingerprint density at radius 2 is 2.05 bits per heavy atom. The summed E-state index contributed by atoms with van der Waals surface area (Å²) in [5.41, 5.74) is 0.286. The predicted molar refractivity (Wildman–Crippen MR) is 63.5 cm³/mol. The van der Waals surface area contributed by atoms with Gasteiger partial charge >= 0.3 is 6.18 Å². The molecule has 6 heteroatoms. The number of nitrogens with one attached hydrogen (secondary N) is 1. The summed E-state index contributed by atoms with van der Waals surface area (Å²) in [6, 6.07) is 2.28. The predicted octanol–water partition coefficient (Wildman–Crippen LogP) is 2.93. The van der Waals surface area contributed by atoms with Crippen LogP contribution < -0.4 is 5.32 Å². The third-order valence-electron chi connectivity index (χ3n) is 3.43. The van der Waals surface area contributed by atoms with Crippen LogP contribution >= 0.6 is 0 Å². The molecule has 1 aliphatic rings. The summed E-state index contributed by atoms with van der Waals surface area (Å²) in [6.45, 7) is 0. The molecule has 1 fully saturated rings. The van der Waals surface area contributed by atoms with Crippen molar-refractivity contribution in [2.24, 2.45) is 5.92 Å². The molecule has 0 spiro atoms. The van der Waals surface area contributed by atoms with E-state index in [9.17, 15) is 18.0 Å². The standard InChI is InChI=1S/C13H15F3N2O/c14-13(15,16)10-5-1-2-6-11(10)18-12(19)9-4-3-7-17-8-9/h3-4,7-8,10-11H,1-2,5-6H2,(H,18,19)/t10-,11-/m1/s1. The van der Waals surface area contributed by atoms with E-state index in [0.717, 1.165) is 0 Å². The molecule has 1 aliphatic carbocycles. The third-order valence-corrected chi connectivity index (χ3v) is 3.43. The van der Waals surface area contributed by atoms with Gasteiger partial charge in [-0.1, -0.05) is 12.8 Å². The van der Waals surface area contributed by atoms with Gasteiger partial charge in [0.15, 0.2) is 0 Å². The van der Waals surface area contributed by atoms with Crippen LogP contribution in [0.1, 0.15) is 36.0 Å². The molecule has 1 saturated carbocycles. The van der Waals surface area contributed by atoms with E-state index in [4.69, 9.17) is 0 Å². The van der Waals surface area contributed by atoms with Crippen molar-refractivity contribution in [3.05, 3.63) is 30.1 Å². The molecule has 0 aliphatic heterocycles. The highest BCUT2D eigenvalue weighted by molar-refractivity contribution is 5.94. The maximum atomic E-state index is 12.9. The maximum Gasteiger partial charge on any atom is 0.393 e. The minimum Gasteiger partial charge on any atom is -0.349 e. The van der Waals surface area contributed by atoms with Crippen LogP contribution in [0, 0.1) is 5.92 Å². The molecule has 0 aromatic carbocycles. The first kappa shape index (κ1) is 13.8.